The normalized spacial score (nSPS) is 38.8. The van der Waals surface area contributed by atoms with Crippen LogP contribution in [0.2, 0.25) is 0 Å². The van der Waals surface area contributed by atoms with Crippen LogP contribution in [0.4, 0.5) is 0 Å². The maximum Gasteiger partial charge on any atom is 0.0904 e. The van der Waals surface area contributed by atoms with Crippen molar-refractivity contribution in [2.75, 3.05) is 6.61 Å². The highest BCUT2D eigenvalue weighted by Crippen LogP contribution is 2.42. The van der Waals surface area contributed by atoms with Crippen molar-refractivity contribution in [1.82, 2.24) is 0 Å². The lowest BCUT2D eigenvalue weighted by Gasteiger charge is -2.00. The number of allylic oxidation sites excluding steroid dienone is 3. The van der Waals surface area contributed by atoms with Crippen molar-refractivity contribution in [2.45, 2.75) is 32.1 Å². The number of hydrogen-bond donors (Lipinski definition) is 0. The zero-order valence-electron chi connectivity index (χ0n) is 8.11. The fourth-order valence-corrected chi connectivity index (χ4v) is 1.92. The number of fused-ring (bicyclic) bond motifs is 1. The second kappa shape index (κ2) is 4.50. The van der Waals surface area contributed by atoms with E-state index in [1.807, 2.05) is 6.26 Å². The predicted octanol–water partition coefficient (Wildman–Crippen LogP) is 3.28. The third-order valence-corrected chi connectivity index (χ3v) is 2.94. The van der Waals surface area contributed by atoms with Crippen LogP contribution in [0.25, 0.3) is 0 Å². The van der Waals surface area contributed by atoms with Gasteiger partial charge in [0.1, 0.15) is 0 Å². The van der Waals surface area contributed by atoms with Crippen LogP contribution >= 0.6 is 0 Å². The second-order valence-electron chi connectivity index (χ2n) is 4.09. The van der Waals surface area contributed by atoms with E-state index >= 15 is 0 Å². The van der Waals surface area contributed by atoms with E-state index in [9.17, 15) is 0 Å². The maximum absolute atomic E-state index is 5.46. The smallest absolute Gasteiger partial charge is 0.0904 e. The Balaban J connectivity index is 1.80. The maximum atomic E-state index is 5.46. The Kier molecular flexibility index (Phi) is 3.07. The van der Waals surface area contributed by atoms with Gasteiger partial charge in [-0.1, -0.05) is 12.2 Å². The van der Waals surface area contributed by atoms with Crippen LogP contribution in [0.1, 0.15) is 32.1 Å². The molecular formula is C12H18O. The molecule has 1 saturated carbocycles. The molecule has 0 amide bonds. The molecule has 72 valence electrons. The standard InChI is InChI=1S/C12H18O/c1-2-4-6-8-13-10-12-9-11(12)7-5-3-1/h1,3,6,8,11-12H,2,4-5,7,9-10H2/b3-1-,8-6-. The lowest BCUT2D eigenvalue weighted by atomic mass is 10.1. The topological polar surface area (TPSA) is 9.23 Å². The summed E-state index contributed by atoms with van der Waals surface area (Å²) in [5, 5.41) is 0. The molecule has 0 spiro atoms. The molecular weight excluding hydrogens is 160 g/mol. The molecule has 1 aliphatic carbocycles. The van der Waals surface area contributed by atoms with Gasteiger partial charge in [0.15, 0.2) is 0 Å². The first-order chi connectivity index (χ1) is 6.47. The Morgan fingerprint density at radius 2 is 1.77 bits per heavy atom. The predicted molar refractivity (Wildman–Crippen MR) is 54.3 cm³/mol. The first-order valence-corrected chi connectivity index (χ1v) is 5.38. The van der Waals surface area contributed by atoms with Crippen LogP contribution in [-0.4, -0.2) is 6.61 Å². The third kappa shape index (κ3) is 2.91. The number of ether oxygens (including phenoxy) is 1. The Morgan fingerprint density at radius 1 is 0.923 bits per heavy atom. The first-order valence-electron chi connectivity index (χ1n) is 5.38. The Hall–Kier alpha value is -0.720. The molecule has 0 N–H and O–H groups in total. The van der Waals surface area contributed by atoms with Crippen molar-refractivity contribution in [2.24, 2.45) is 11.8 Å². The molecule has 13 heavy (non-hydrogen) atoms. The van der Waals surface area contributed by atoms with Crippen LogP contribution in [0.15, 0.2) is 24.5 Å². The van der Waals surface area contributed by atoms with Gasteiger partial charge in [-0.3, -0.25) is 0 Å². The summed E-state index contributed by atoms with van der Waals surface area (Å²) in [5.41, 5.74) is 0. The van der Waals surface area contributed by atoms with E-state index in [0.717, 1.165) is 31.3 Å². The zero-order chi connectivity index (χ0) is 8.93. The van der Waals surface area contributed by atoms with Crippen molar-refractivity contribution in [3.63, 3.8) is 0 Å². The molecule has 1 heteroatoms. The van der Waals surface area contributed by atoms with E-state index in [1.165, 1.54) is 19.3 Å². The highest BCUT2D eigenvalue weighted by atomic mass is 16.5. The molecule has 0 aromatic rings. The van der Waals surface area contributed by atoms with Gasteiger partial charge in [-0.05, 0) is 50.0 Å². The Labute approximate surface area is 80.5 Å². The zero-order valence-corrected chi connectivity index (χ0v) is 8.11. The Morgan fingerprint density at radius 3 is 2.77 bits per heavy atom. The molecule has 1 heterocycles. The average Bonchev–Trinajstić information content (AvgIpc) is 2.83. The molecule has 2 atom stereocenters. The van der Waals surface area contributed by atoms with Gasteiger partial charge < -0.3 is 4.74 Å². The van der Waals surface area contributed by atoms with Crippen molar-refractivity contribution >= 4 is 0 Å². The van der Waals surface area contributed by atoms with E-state index in [2.05, 4.69) is 18.2 Å². The highest BCUT2D eigenvalue weighted by Gasteiger charge is 2.36. The molecule has 0 saturated heterocycles. The average molecular weight is 178 g/mol. The summed E-state index contributed by atoms with van der Waals surface area (Å²) in [6, 6.07) is 0. The van der Waals surface area contributed by atoms with E-state index in [0.29, 0.717) is 0 Å². The van der Waals surface area contributed by atoms with Gasteiger partial charge in [-0.15, -0.1) is 0 Å². The van der Waals surface area contributed by atoms with Gasteiger partial charge in [-0.2, -0.15) is 0 Å². The van der Waals surface area contributed by atoms with Crippen LogP contribution < -0.4 is 0 Å². The van der Waals surface area contributed by atoms with Gasteiger partial charge in [-0.25, -0.2) is 0 Å². The summed E-state index contributed by atoms with van der Waals surface area (Å²) in [6.45, 7) is 0.949. The molecule has 1 fully saturated rings. The first kappa shape index (κ1) is 8.86. The third-order valence-electron chi connectivity index (χ3n) is 2.94. The highest BCUT2D eigenvalue weighted by molar-refractivity contribution is 4.92. The molecule has 0 aromatic carbocycles. The van der Waals surface area contributed by atoms with Gasteiger partial charge in [0.05, 0.1) is 12.9 Å². The lowest BCUT2D eigenvalue weighted by molar-refractivity contribution is 0.226. The minimum absolute atomic E-state index is 0.859. The van der Waals surface area contributed by atoms with Crippen LogP contribution in [0.5, 0.6) is 0 Å². The fourth-order valence-electron chi connectivity index (χ4n) is 1.92. The van der Waals surface area contributed by atoms with E-state index < -0.39 is 0 Å². The summed E-state index contributed by atoms with van der Waals surface area (Å²) in [4.78, 5) is 0. The minimum Gasteiger partial charge on any atom is -0.501 e. The largest absolute Gasteiger partial charge is 0.501 e. The summed E-state index contributed by atoms with van der Waals surface area (Å²) in [5.74, 6) is 1.81. The molecule has 1 aliphatic heterocycles. The molecule has 2 unspecified atom stereocenters. The molecule has 2 rings (SSSR count). The monoisotopic (exact) mass is 178 g/mol. The fraction of sp³-hybridized carbons (Fsp3) is 0.667. The summed E-state index contributed by atoms with van der Waals surface area (Å²) in [7, 11) is 0. The second-order valence-corrected chi connectivity index (χ2v) is 4.09. The van der Waals surface area contributed by atoms with Crippen molar-refractivity contribution in [3.05, 3.63) is 24.5 Å². The Bertz CT molecular complexity index is 183. The molecule has 2 aliphatic rings. The van der Waals surface area contributed by atoms with Gasteiger partial charge in [0.2, 0.25) is 0 Å². The van der Waals surface area contributed by atoms with Crippen LogP contribution in [-0.2, 0) is 4.74 Å². The molecule has 0 radical (unpaired) electrons. The van der Waals surface area contributed by atoms with Crippen molar-refractivity contribution in [3.8, 4) is 0 Å². The number of hydrogen-bond acceptors (Lipinski definition) is 1. The minimum atomic E-state index is 0.859. The quantitative estimate of drug-likeness (QED) is 0.517. The lowest BCUT2D eigenvalue weighted by Crippen LogP contribution is -1.93. The van der Waals surface area contributed by atoms with Crippen LogP contribution in [0, 0.1) is 11.8 Å². The van der Waals surface area contributed by atoms with Gasteiger partial charge in [0, 0.05) is 0 Å². The van der Waals surface area contributed by atoms with Crippen molar-refractivity contribution in [1.29, 1.82) is 0 Å². The number of rotatable bonds is 0. The van der Waals surface area contributed by atoms with E-state index in [4.69, 9.17) is 4.74 Å². The van der Waals surface area contributed by atoms with Gasteiger partial charge >= 0.3 is 0 Å². The molecule has 0 aromatic heterocycles. The molecule has 1 nitrogen and oxygen atoms in total. The summed E-state index contributed by atoms with van der Waals surface area (Å²) < 4.78 is 5.46. The SMILES string of the molecule is C1=C\CCC2CC2CO/C=C\CC/1. The van der Waals surface area contributed by atoms with Crippen LogP contribution in [0.3, 0.4) is 0 Å². The summed E-state index contributed by atoms with van der Waals surface area (Å²) in [6.07, 6.45) is 14.9. The van der Waals surface area contributed by atoms with E-state index in [-0.39, 0.29) is 0 Å². The van der Waals surface area contributed by atoms with Gasteiger partial charge in [0.25, 0.3) is 0 Å². The van der Waals surface area contributed by atoms with Crippen molar-refractivity contribution < 1.29 is 4.74 Å². The van der Waals surface area contributed by atoms with E-state index in [1.54, 1.807) is 0 Å². The molecule has 0 bridgehead atoms. The summed E-state index contributed by atoms with van der Waals surface area (Å²) >= 11 is 0.